The van der Waals surface area contributed by atoms with E-state index in [-0.39, 0.29) is 53.4 Å². The second kappa shape index (κ2) is 14.9. The van der Waals surface area contributed by atoms with Gasteiger partial charge in [0.25, 0.3) is 15.9 Å². The quantitative estimate of drug-likeness (QED) is 0.278. The maximum absolute atomic E-state index is 13.3. The van der Waals surface area contributed by atoms with E-state index in [4.69, 9.17) is 23.7 Å². The van der Waals surface area contributed by atoms with Crippen molar-refractivity contribution in [3.8, 4) is 23.1 Å². The number of carbonyl (C=O) groups is 2. The SMILES string of the molecule is COc1cccc(Oc2c(NS(=O)(=O)c3ccc(C(C)(C)C)cc3)ncnc2OCCOC(=O)NCC(=O)N2CCOCC2)c1. The lowest BCUT2D eigenvalue weighted by atomic mass is 9.87. The van der Waals surface area contributed by atoms with Crippen LogP contribution in [-0.2, 0) is 29.7 Å². The molecule has 0 bridgehead atoms. The molecule has 15 heteroatoms. The Morgan fingerprint density at radius 3 is 2.40 bits per heavy atom. The number of morpholine rings is 1. The molecule has 14 nitrogen and oxygen atoms in total. The summed E-state index contributed by atoms with van der Waals surface area (Å²) < 4.78 is 56.4. The van der Waals surface area contributed by atoms with Crippen molar-refractivity contribution in [2.24, 2.45) is 0 Å². The van der Waals surface area contributed by atoms with Crippen LogP contribution in [-0.4, -0.2) is 88.5 Å². The summed E-state index contributed by atoms with van der Waals surface area (Å²) in [6.45, 7) is 7.33. The molecule has 1 fully saturated rings. The van der Waals surface area contributed by atoms with Gasteiger partial charge in [-0.15, -0.1) is 0 Å². The molecule has 4 rings (SSSR count). The summed E-state index contributed by atoms with van der Waals surface area (Å²) in [7, 11) is -2.60. The van der Waals surface area contributed by atoms with E-state index in [9.17, 15) is 18.0 Å². The molecule has 0 atom stereocenters. The summed E-state index contributed by atoms with van der Waals surface area (Å²) in [6.07, 6.45) is 0.306. The van der Waals surface area contributed by atoms with Crippen LogP contribution in [0.2, 0.25) is 0 Å². The molecular weight excluding hydrogens is 606 g/mol. The summed E-state index contributed by atoms with van der Waals surface area (Å²) in [4.78, 5) is 34.2. The molecule has 0 spiro atoms. The van der Waals surface area contributed by atoms with Crippen molar-refractivity contribution in [3.05, 3.63) is 60.4 Å². The number of rotatable bonds is 12. The van der Waals surface area contributed by atoms with Gasteiger partial charge < -0.3 is 33.9 Å². The van der Waals surface area contributed by atoms with E-state index >= 15 is 0 Å². The molecule has 1 saturated heterocycles. The van der Waals surface area contributed by atoms with Crippen molar-refractivity contribution < 1.29 is 41.7 Å². The third-order valence-electron chi connectivity index (χ3n) is 6.60. The fraction of sp³-hybridized carbons (Fsp3) is 0.400. The summed E-state index contributed by atoms with van der Waals surface area (Å²) in [5, 5.41) is 2.41. The molecular formula is C30H37N5O9S. The van der Waals surface area contributed by atoms with Gasteiger partial charge in [-0.3, -0.25) is 9.52 Å². The monoisotopic (exact) mass is 643 g/mol. The van der Waals surface area contributed by atoms with Gasteiger partial charge in [-0.1, -0.05) is 39.0 Å². The predicted octanol–water partition coefficient (Wildman–Crippen LogP) is 3.34. The molecule has 242 valence electrons. The molecule has 3 aromatic rings. The fourth-order valence-electron chi connectivity index (χ4n) is 4.12. The van der Waals surface area contributed by atoms with Crippen LogP contribution >= 0.6 is 0 Å². The van der Waals surface area contributed by atoms with Gasteiger partial charge in [-0.05, 0) is 35.2 Å². The van der Waals surface area contributed by atoms with Gasteiger partial charge in [0, 0.05) is 19.2 Å². The van der Waals surface area contributed by atoms with Crippen molar-refractivity contribution in [2.45, 2.75) is 31.1 Å². The Labute approximate surface area is 262 Å². The number of anilines is 1. The number of hydrogen-bond acceptors (Lipinski definition) is 11. The first-order valence-corrected chi connectivity index (χ1v) is 15.6. The minimum atomic E-state index is -4.09. The van der Waals surface area contributed by atoms with Crippen LogP contribution in [0, 0.1) is 0 Å². The summed E-state index contributed by atoms with van der Waals surface area (Å²) >= 11 is 0. The number of ether oxygens (including phenoxy) is 5. The Bertz CT molecular complexity index is 1570. The number of nitrogens with one attached hydrogen (secondary N) is 2. The van der Waals surface area contributed by atoms with E-state index in [1.807, 2.05) is 20.8 Å². The van der Waals surface area contributed by atoms with E-state index < -0.39 is 16.1 Å². The van der Waals surface area contributed by atoms with E-state index in [1.54, 1.807) is 41.3 Å². The topological polar surface area (TPSA) is 168 Å². The van der Waals surface area contributed by atoms with Crippen LogP contribution < -0.4 is 24.2 Å². The van der Waals surface area contributed by atoms with Gasteiger partial charge in [-0.2, -0.15) is 4.98 Å². The number of alkyl carbamates (subject to hydrolysis) is 1. The van der Waals surface area contributed by atoms with Crippen LogP contribution in [0.3, 0.4) is 0 Å². The van der Waals surface area contributed by atoms with Crippen molar-refractivity contribution in [3.63, 3.8) is 0 Å². The number of benzene rings is 2. The Kier molecular flexibility index (Phi) is 11.0. The summed E-state index contributed by atoms with van der Waals surface area (Å²) in [5.74, 6) is 0.139. The number of aromatic nitrogens is 2. The molecule has 45 heavy (non-hydrogen) atoms. The smallest absolute Gasteiger partial charge is 0.407 e. The summed E-state index contributed by atoms with van der Waals surface area (Å²) in [5.41, 5.74) is 0.817. The van der Waals surface area contributed by atoms with Crippen molar-refractivity contribution in [2.75, 3.05) is 57.9 Å². The molecule has 0 radical (unpaired) electrons. The minimum Gasteiger partial charge on any atom is -0.497 e. The maximum atomic E-state index is 13.3. The van der Waals surface area contributed by atoms with Gasteiger partial charge in [0.15, 0.2) is 5.82 Å². The zero-order valence-electron chi connectivity index (χ0n) is 25.6. The molecule has 1 aromatic heterocycles. The van der Waals surface area contributed by atoms with Crippen LogP contribution in [0.1, 0.15) is 26.3 Å². The van der Waals surface area contributed by atoms with Crippen LogP contribution in [0.4, 0.5) is 10.6 Å². The van der Waals surface area contributed by atoms with Gasteiger partial charge in [-0.25, -0.2) is 18.2 Å². The zero-order valence-corrected chi connectivity index (χ0v) is 26.4. The Morgan fingerprint density at radius 1 is 1.00 bits per heavy atom. The molecule has 2 aromatic carbocycles. The first kappa shape index (κ1) is 33.3. The third kappa shape index (κ3) is 9.43. The lowest BCUT2D eigenvalue weighted by Crippen LogP contribution is -2.45. The number of amides is 2. The number of carbonyl (C=O) groups excluding carboxylic acids is 2. The Balaban J connectivity index is 1.45. The largest absolute Gasteiger partial charge is 0.497 e. The highest BCUT2D eigenvalue weighted by Crippen LogP contribution is 2.37. The van der Waals surface area contributed by atoms with E-state index in [0.717, 1.165) is 11.9 Å². The molecule has 0 saturated carbocycles. The molecule has 2 N–H and O–H groups in total. The first-order valence-electron chi connectivity index (χ1n) is 14.2. The average Bonchev–Trinajstić information content (AvgIpc) is 3.03. The van der Waals surface area contributed by atoms with Crippen LogP contribution in [0.5, 0.6) is 23.1 Å². The zero-order chi connectivity index (χ0) is 32.5. The number of sulfonamides is 1. The maximum Gasteiger partial charge on any atom is 0.407 e. The molecule has 1 aliphatic heterocycles. The van der Waals surface area contributed by atoms with Crippen molar-refractivity contribution >= 4 is 27.8 Å². The molecule has 1 aliphatic rings. The lowest BCUT2D eigenvalue weighted by Gasteiger charge is -2.26. The van der Waals surface area contributed by atoms with Crippen molar-refractivity contribution in [1.29, 1.82) is 0 Å². The first-order chi connectivity index (χ1) is 21.5. The average molecular weight is 644 g/mol. The predicted molar refractivity (Wildman–Crippen MR) is 163 cm³/mol. The molecule has 0 unspecified atom stereocenters. The van der Waals surface area contributed by atoms with Crippen LogP contribution in [0.15, 0.2) is 59.8 Å². The highest BCUT2D eigenvalue weighted by molar-refractivity contribution is 7.92. The van der Waals surface area contributed by atoms with E-state index in [2.05, 4.69) is 20.0 Å². The van der Waals surface area contributed by atoms with E-state index in [0.29, 0.717) is 37.8 Å². The normalized spacial score (nSPS) is 13.5. The van der Waals surface area contributed by atoms with Gasteiger partial charge in [0.05, 0.1) is 25.2 Å². The van der Waals surface area contributed by atoms with Crippen molar-refractivity contribution in [1.82, 2.24) is 20.2 Å². The Morgan fingerprint density at radius 2 is 1.71 bits per heavy atom. The fourth-order valence-corrected chi connectivity index (χ4v) is 5.14. The van der Waals surface area contributed by atoms with Gasteiger partial charge in [0.1, 0.15) is 37.6 Å². The number of hydrogen-bond donors (Lipinski definition) is 2. The van der Waals surface area contributed by atoms with Gasteiger partial charge >= 0.3 is 6.09 Å². The minimum absolute atomic E-state index is 0.0235. The number of nitrogens with zero attached hydrogens (tertiary/aromatic N) is 3. The van der Waals surface area contributed by atoms with Gasteiger partial charge in [0.2, 0.25) is 11.7 Å². The van der Waals surface area contributed by atoms with Crippen LogP contribution in [0.25, 0.3) is 0 Å². The molecule has 2 amide bonds. The Hall–Kier alpha value is -4.63. The highest BCUT2D eigenvalue weighted by atomic mass is 32.2. The standard InChI is InChI=1S/C30H37N5O9S/c1-30(2,3)21-8-10-24(11-9-21)45(38,39)34-27-26(44-23-7-5-6-22(18-23)40-4)28(33-20-32-27)42-16-17-43-29(37)31-19-25(36)35-12-14-41-15-13-35/h5-11,18,20H,12-17,19H2,1-4H3,(H,31,37)(H,32,33,34). The number of methoxy groups -OCH3 is 1. The molecule has 2 heterocycles. The highest BCUT2D eigenvalue weighted by Gasteiger charge is 2.24. The van der Waals surface area contributed by atoms with E-state index in [1.165, 1.54) is 19.2 Å². The summed E-state index contributed by atoms with van der Waals surface area (Å²) in [6, 6.07) is 13.2. The molecule has 0 aliphatic carbocycles. The lowest BCUT2D eigenvalue weighted by molar-refractivity contribution is -0.134. The second-order valence-corrected chi connectivity index (χ2v) is 12.5. The second-order valence-electron chi connectivity index (χ2n) is 10.8. The third-order valence-corrected chi connectivity index (χ3v) is 7.95.